The molecule has 0 aliphatic carbocycles. The maximum Gasteiger partial charge on any atom is 0.192 e. The standard InChI is InChI=1S/C22H34O3SSi/c1-21(2,3)27(6,7)25-15-18-9-8-10-20(13-18)23-17-22(4,5)24-14-19-11-12-26-16-19/h8-13,16H,14-15,17H2,1-7H3. The van der Waals surface area contributed by atoms with E-state index in [4.69, 9.17) is 13.9 Å². The van der Waals surface area contributed by atoms with Gasteiger partial charge in [-0.15, -0.1) is 0 Å². The Hall–Kier alpha value is -1.14. The van der Waals surface area contributed by atoms with Gasteiger partial charge in [0.05, 0.1) is 18.8 Å². The molecule has 0 bridgehead atoms. The van der Waals surface area contributed by atoms with Gasteiger partial charge in [0.2, 0.25) is 0 Å². The SMILES string of the molecule is CC(C)(COc1cccc(CO[Si](C)(C)C(C)(C)C)c1)OCc1ccsc1. The van der Waals surface area contributed by atoms with Gasteiger partial charge in [-0.25, -0.2) is 0 Å². The Labute approximate surface area is 169 Å². The molecular weight excluding hydrogens is 372 g/mol. The van der Waals surface area contributed by atoms with Crippen LogP contribution in [0.5, 0.6) is 5.75 Å². The topological polar surface area (TPSA) is 27.7 Å². The highest BCUT2D eigenvalue weighted by atomic mass is 32.1. The lowest BCUT2D eigenvalue weighted by Gasteiger charge is -2.36. The molecule has 0 radical (unpaired) electrons. The normalized spacial score (nSPS) is 13.0. The van der Waals surface area contributed by atoms with Crippen LogP contribution in [0.25, 0.3) is 0 Å². The zero-order valence-corrected chi connectivity index (χ0v) is 19.6. The summed E-state index contributed by atoms with van der Waals surface area (Å²) in [6.45, 7) is 17.2. The number of ether oxygens (including phenoxy) is 2. The quantitative estimate of drug-likeness (QED) is 0.437. The first kappa shape index (κ1) is 22.1. The molecule has 0 spiro atoms. The maximum absolute atomic E-state index is 6.32. The van der Waals surface area contributed by atoms with E-state index in [-0.39, 0.29) is 10.6 Å². The number of thiophene rings is 1. The van der Waals surface area contributed by atoms with Gasteiger partial charge in [-0.2, -0.15) is 11.3 Å². The lowest BCUT2D eigenvalue weighted by atomic mass is 10.1. The smallest absolute Gasteiger partial charge is 0.192 e. The fourth-order valence-corrected chi connectivity index (χ4v) is 3.77. The van der Waals surface area contributed by atoms with Crippen molar-refractivity contribution < 1.29 is 13.9 Å². The van der Waals surface area contributed by atoms with Crippen molar-refractivity contribution in [2.75, 3.05) is 6.61 Å². The highest BCUT2D eigenvalue weighted by Gasteiger charge is 2.37. The Bertz CT molecular complexity index is 703. The molecule has 0 aliphatic heterocycles. The molecular formula is C22H34O3SSi. The molecule has 0 saturated carbocycles. The number of hydrogen-bond acceptors (Lipinski definition) is 4. The lowest BCUT2D eigenvalue weighted by molar-refractivity contribution is -0.0568. The molecule has 2 aromatic rings. The predicted octanol–water partition coefficient (Wildman–Crippen LogP) is 6.64. The summed E-state index contributed by atoms with van der Waals surface area (Å²) in [5.74, 6) is 0.860. The molecule has 0 amide bonds. The van der Waals surface area contributed by atoms with Gasteiger partial charge in [-0.1, -0.05) is 32.9 Å². The van der Waals surface area contributed by atoms with Crippen molar-refractivity contribution in [2.45, 2.75) is 71.6 Å². The third-order valence-corrected chi connectivity index (χ3v) is 10.3. The van der Waals surface area contributed by atoms with E-state index >= 15 is 0 Å². The van der Waals surface area contributed by atoms with Crippen molar-refractivity contribution in [1.82, 2.24) is 0 Å². The first-order chi connectivity index (χ1) is 12.5. The van der Waals surface area contributed by atoms with E-state index in [0.717, 1.165) is 11.3 Å². The zero-order valence-electron chi connectivity index (χ0n) is 17.8. The van der Waals surface area contributed by atoms with Crippen LogP contribution >= 0.6 is 11.3 Å². The van der Waals surface area contributed by atoms with Crippen LogP contribution in [0.15, 0.2) is 41.1 Å². The van der Waals surface area contributed by atoms with E-state index in [2.05, 4.69) is 76.7 Å². The average Bonchev–Trinajstić information content (AvgIpc) is 3.10. The molecule has 0 fully saturated rings. The monoisotopic (exact) mass is 406 g/mol. The van der Waals surface area contributed by atoms with Gasteiger partial charge in [0.25, 0.3) is 0 Å². The van der Waals surface area contributed by atoms with Crippen molar-refractivity contribution in [3.05, 3.63) is 52.2 Å². The van der Waals surface area contributed by atoms with E-state index < -0.39 is 8.32 Å². The van der Waals surface area contributed by atoms with Crippen LogP contribution in [0.1, 0.15) is 45.7 Å². The Morgan fingerprint density at radius 2 is 1.70 bits per heavy atom. The van der Waals surface area contributed by atoms with E-state index in [1.807, 2.05) is 12.1 Å². The fraction of sp³-hybridized carbons (Fsp3) is 0.545. The van der Waals surface area contributed by atoms with Crippen LogP contribution in [0.2, 0.25) is 18.1 Å². The van der Waals surface area contributed by atoms with E-state index in [9.17, 15) is 0 Å². The predicted molar refractivity (Wildman–Crippen MR) is 117 cm³/mol. The highest BCUT2D eigenvalue weighted by molar-refractivity contribution is 7.07. The van der Waals surface area contributed by atoms with Crippen LogP contribution in [-0.2, 0) is 22.4 Å². The number of hydrogen-bond donors (Lipinski definition) is 0. The second-order valence-corrected chi connectivity index (χ2v) is 14.8. The molecule has 0 saturated heterocycles. The molecule has 150 valence electrons. The number of benzene rings is 1. The summed E-state index contributed by atoms with van der Waals surface area (Å²) >= 11 is 1.69. The molecule has 0 aliphatic rings. The Morgan fingerprint density at radius 3 is 2.33 bits per heavy atom. The minimum Gasteiger partial charge on any atom is -0.491 e. The summed E-state index contributed by atoms with van der Waals surface area (Å²) in [6, 6.07) is 10.3. The zero-order chi connectivity index (χ0) is 20.1. The molecule has 1 heterocycles. The van der Waals surface area contributed by atoms with Crippen LogP contribution < -0.4 is 4.74 Å². The van der Waals surface area contributed by atoms with Crippen LogP contribution in [-0.4, -0.2) is 20.5 Å². The fourth-order valence-electron chi connectivity index (χ4n) is 2.16. The maximum atomic E-state index is 6.32. The Kier molecular flexibility index (Phi) is 7.31. The molecule has 3 nitrogen and oxygen atoms in total. The second kappa shape index (κ2) is 8.91. The summed E-state index contributed by atoms with van der Waals surface area (Å²) in [4.78, 5) is 0. The van der Waals surface area contributed by atoms with Crippen LogP contribution in [0, 0.1) is 0 Å². The molecule has 1 aromatic heterocycles. The molecule has 0 unspecified atom stereocenters. The van der Waals surface area contributed by atoms with E-state index in [0.29, 0.717) is 19.8 Å². The van der Waals surface area contributed by atoms with Crippen LogP contribution in [0.4, 0.5) is 0 Å². The molecule has 0 atom stereocenters. The van der Waals surface area contributed by atoms with Gasteiger partial charge in [-0.05, 0) is 72.1 Å². The number of rotatable bonds is 9. The third-order valence-electron chi connectivity index (χ3n) is 5.10. The summed E-state index contributed by atoms with van der Waals surface area (Å²) in [6.07, 6.45) is 0. The van der Waals surface area contributed by atoms with Crippen molar-refractivity contribution >= 4 is 19.7 Å². The third kappa shape index (κ3) is 7.07. The summed E-state index contributed by atoms with van der Waals surface area (Å²) in [5, 5.41) is 4.40. The second-order valence-electron chi connectivity index (χ2n) is 9.17. The first-order valence-electron chi connectivity index (χ1n) is 9.49. The summed E-state index contributed by atoms with van der Waals surface area (Å²) in [7, 11) is -1.75. The van der Waals surface area contributed by atoms with E-state index in [1.165, 1.54) is 5.56 Å². The average molecular weight is 407 g/mol. The van der Waals surface area contributed by atoms with Gasteiger partial charge in [-0.3, -0.25) is 0 Å². The molecule has 1 aromatic carbocycles. The Balaban J connectivity index is 1.87. The molecule has 5 heteroatoms. The first-order valence-corrected chi connectivity index (χ1v) is 13.3. The summed E-state index contributed by atoms with van der Waals surface area (Å²) in [5.41, 5.74) is 2.00. The minimum atomic E-state index is -1.75. The summed E-state index contributed by atoms with van der Waals surface area (Å²) < 4.78 is 18.4. The molecule has 2 rings (SSSR count). The largest absolute Gasteiger partial charge is 0.491 e. The lowest BCUT2D eigenvalue weighted by Crippen LogP contribution is -2.40. The molecule has 27 heavy (non-hydrogen) atoms. The van der Waals surface area contributed by atoms with Crippen LogP contribution in [0.3, 0.4) is 0 Å². The van der Waals surface area contributed by atoms with Crippen molar-refractivity contribution in [3.8, 4) is 5.75 Å². The van der Waals surface area contributed by atoms with Gasteiger partial charge in [0, 0.05) is 0 Å². The van der Waals surface area contributed by atoms with E-state index in [1.54, 1.807) is 11.3 Å². The van der Waals surface area contributed by atoms with Crippen molar-refractivity contribution in [3.63, 3.8) is 0 Å². The molecule has 0 N–H and O–H groups in total. The van der Waals surface area contributed by atoms with Crippen molar-refractivity contribution in [1.29, 1.82) is 0 Å². The minimum absolute atomic E-state index is 0.213. The van der Waals surface area contributed by atoms with Gasteiger partial charge in [0.1, 0.15) is 12.4 Å². The Morgan fingerprint density at radius 1 is 0.963 bits per heavy atom. The van der Waals surface area contributed by atoms with Gasteiger partial charge in [0.15, 0.2) is 8.32 Å². The van der Waals surface area contributed by atoms with Gasteiger partial charge < -0.3 is 13.9 Å². The van der Waals surface area contributed by atoms with Gasteiger partial charge >= 0.3 is 0 Å². The highest BCUT2D eigenvalue weighted by Crippen LogP contribution is 2.37. The van der Waals surface area contributed by atoms with Crippen molar-refractivity contribution in [2.24, 2.45) is 0 Å².